The van der Waals surface area contributed by atoms with Crippen LogP contribution < -0.4 is 0 Å². The first kappa shape index (κ1) is 14.2. The first-order valence-electron chi connectivity index (χ1n) is 6.46. The van der Waals surface area contributed by atoms with E-state index in [1.165, 1.54) is 5.56 Å². The monoisotopic (exact) mass is 273 g/mol. The Bertz CT molecular complexity index is 569. The average Bonchev–Trinajstić information content (AvgIpc) is 2.91. The Morgan fingerprint density at radius 2 is 1.90 bits per heavy atom. The van der Waals surface area contributed by atoms with Crippen LogP contribution in [0.3, 0.4) is 0 Å². The lowest BCUT2D eigenvalue weighted by Crippen LogP contribution is -2.27. The molecule has 0 aliphatic rings. The van der Waals surface area contributed by atoms with E-state index in [1.54, 1.807) is 11.9 Å². The number of carbonyl (C=O) groups excluding carboxylic acids is 1. The maximum absolute atomic E-state index is 12.0. The van der Waals surface area contributed by atoms with Gasteiger partial charge >= 0.3 is 0 Å². The van der Waals surface area contributed by atoms with E-state index < -0.39 is 0 Å². The van der Waals surface area contributed by atoms with Crippen LogP contribution in [0.25, 0.3) is 0 Å². The summed E-state index contributed by atoms with van der Waals surface area (Å²) < 4.78 is 0. The third-order valence-electron chi connectivity index (χ3n) is 3.12. The quantitative estimate of drug-likeness (QED) is 0.924. The van der Waals surface area contributed by atoms with Crippen LogP contribution in [0.5, 0.6) is 0 Å². The van der Waals surface area contributed by atoms with Gasteiger partial charge in [0.05, 0.1) is 0 Å². The Hall–Kier alpha value is -2.24. The Labute approximate surface area is 118 Å². The van der Waals surface area contributed by atoms with Gasteiger partial charge in [-0.1, -0.05) is 45.0 Å². The molecule has 0 atom stereocenters. The molecule has 0 unspecified atom stereocenters. The molecule has 0 saturated carbocycles. The molecule has 0 bridgehead atoms. The van der Waals surface area contributed by atoms with Crippen molar-refractivity contribution >= 4 is 5.91 Å². The van der Waals surface area contributed by atoms with Gasteiger partial charge in [-0.2, -0.15) is 5.21 Å². The molecule has 0 radical (unpaired) electrons. The first-order chi connectivity index (χ1) is 9.38. The molecular weight excluding hydrogens is 254 g/mol. The van der Waals surface area contributed by atoms with Crippen molar-refractivity contribution in [3.8, 4) is 0 Å². The molecule has 2 rings (SSSR count). The van der Waals surface area contributed by atoms with Gasteiger partial charge in [-0.3, -0.25) is 4.79 Å². The number of rotatable bonds is 3. The van der Waals surface area contributed by atoms with E-state index in [-0.39, 0.29) is 17.1 Å². The molecule has 1 N–H and O–H groups in total. The summed E-state index contributed by atoms with van der Waals surface area (Å²) in [4.78, 5) is 13.5. The SMILES string of the molecule is CN(Cc1ccc(C(C)(C)C)cc1)C(=O)c1nn[nH]n1. The molecular formula is C14H19N5O. The van der Waals surface area contributed by atoms with Crippen molar-refractivity contribution in [2.45, 2.75) is 32.7 Å². The summed E-state index contributed by atoms with van der Waals surface area (Å²) in [5, 5.41) is 13.0. The fourth-order valence-corrected chi connectivity index (χ4v) is 1.88. The van der Waals surface area contributed by atoms with Crippen LogP contribution in [0.1, 0.15) is 42.5 Å². The van der Waals surface area contributed by atoms with E-state index in [2.05, 4.69) is 53.5 Å². The van der Waals surface area contributed by atoms with E-state index in [4.69, 9.17) is 0 Å². The summed E-state index contributed by atoms with van der Waals surface area (Å²) >= 11 is 0. The zero-order valence-corrected chi connectivity index (χ0v) is 12.2. The lowest BCUT2D eigenvalue weighted by molar-refractivity contribution is 0.0773. The molecule has 1 aromatic carbocycles. The zero-order valence-electron chi connectivity index (χ0n) is 12.2. The minimum absolute atomic E-state index is 0.0822. The third kappa shape index (κ3) is 3.20. The highest BCUT2D eigenvalue weighted by molar-refractivity contribution is 5.89. The topological polar surface area (TPSA) is 74.8 Å². The van der Waals surface area contributed by atoms with Crippen molar-refractivity contribution in [1.29, 1.82) is 0 Å². The van der Waals surface area contributed by atoms with E-state index in [0.29, 0.717) is 6.54 Å². The second-order valence-electron chi connectivity index (χ2n) is 5.84. The van der Waals surface area contributed by atoms with E-state index >= 15 is 0 Å². The molecule has 0 aliphatic heterocycles. The second kappa shape index (κ2) is 5.40. The van der Waals surface area contributed by atoms with Crippen molar-refractivity contribution in [3.63, 3.8) is 0 Å². The lowest BCUT2D eigenvalue weighted by Gasteiger charge is -2.20. The average molecular weight is 273 g/mol. The van der Waals surface area contributed by atoms with Gasteiger partial charge in [0.15, 0.2) is 0 Å². The molecule has 0 aliphatic carbocycles. The molecule has 6 nitrogen and oxygen atoms in total. The number of nitrogens with one attached hydrogen (secondary N) is 1. The van der Waals surface area contributed by atoms with E-state index in [0.717, 1.165) is 5.56 Å². The normalized spacial score (nSPS) is 11.4. The lowest BCUT2D eigenvalue weighted by atomic mass is 9.87. The molecule has 106 valence electrons. The summed E-state index contributed by atoms with van der Waals surface area (Å²) in [6, 6.07) is 8.28. The number of hydrogen-bond acceptors (Lipinski definition) is 4. The summed E-state index contributed by atoms with van der Waals surface area (Å²) in [6.07, 6.45) is 0. The molecule has 6 heteroatoms. The predicted molar refractivity (Wildman–Crippen MR) is 75.1 cm³/mol. The number of hydrogen-bond donors (Lipinski definition) is 1. The number of nitrogens with zero attached hydrogens (tertiary/aromatic N) is 4. The number of H-pyrrole nitrogens is 1. The van der Waals surface area contributed by atoms with Crippen LogP contribution in [0.2, 0.25) is 0 Å². The fourth-order valence-electron chi connectivity index (χ4n) is 1.88. The third-order valence-corrected chi connectivity index (χ3v) is 3.12. The molecule has 2 aromatic rings. The van der Waals surface area contributed by atoms with Gasteiger partial charge in [-0.15, -0.1) is 10.2 Å². The summed E-state index contributed by atoms with van der Waals surface area (Å²) in [7, 11) is 1.72. The summed E-state index contributed by atoms with van der Waals surface area (Å²) in [6.45, 7) is 7.04. The standard InChI is InChI=1S/C14H19N5O/c1-14(2,3)11-7-5-10(6-8-11)9-19(4)13(20)12-15-17-18-16-12/h5-8H,9H2,1-4H3,(H,15,16,17,18). The van der Waals surface area contributed by atoms with Gasteiger partial charge in [-0.25, -0.2) is 0 Å². The Kier molecular flexibility index (Phi) is 3.83. The van der Waals surface area contributed by atoms with Gasteiger partial charge in [0.1, 0.15) is 0 Å². The van der Waals surface area contributed by atoms with Crippen molar-refractivity contribution in [1.82, 2.24) is 25.5 Å². The molecule has 0 fully saturated rings. The van der Waals surface area contributed by atoms with Crippen LogP contribution in [0, 0.1) is 0 Å². The fraction of sp³-hybridized carbons (Fsp3) is 0.429. The molecule has 1 aromatic heterocycles. The highest BCUT2D eigenvalue weighted by Gasteiger charge is 2.17. The van der Waals surface area contributed by atoms with Gasteiger partial charge in [0.2, 0.25) is 0 Å². The van der Waals surface area contributed by atoms with E-state index in [9.17, 15) is 4.79 Å². The number of benzene rings is 1. The van der Waals surface area contributed by atoms with Gasteiger partial charge in [0, 0.05) is 13.6 Å². The maximum Gasteiger partial charge on any atom is 0.295 e. The summed E-state index contributed by atoms with van der Waals surface area (Å²) in [5.74, 6) is -0.169. The Balaban J connectivity index is 2.05. The Morgan fingerprint density at radius 1 is 1.25 bits per heavy atom. The maximum atomic E-state index is 12.0. The number of carbonyl (C=O) groups is 1. The number of aromatic amines is 1. The highest BCUT2D eigenvalue weighted by atomic mass is 16.2. The van der Waals surface area contributed by atoms with Crippen molar-refractivity contribution in [3.05, 3.63) is 41.2 Å². The van der Waals surface area contributed by atoms with Gasteiger partial charge < -0.3 is 4.90 Å². The molecule has 0 saturated heterocycles. The van der Waals surface area contributed by atoms with Gasteiger partial charge in [0.25, 0.3) is 11.7 Å². The number of aromatic nitrogens is 4. The first-order valence-corrected chi connectivity index (χ1v) is 6.46. The predicted octanol–water partition coefficient (Wildman–Crippen LogP) is 1.77. The van der Waals surface area contributed by atoms with Crippen LogP contribution in [0.15, 0.2) is 24.3 Å². The highest BCUT2D eigenvalue weighted by Crippen LogP contribution is 2.22. The molecule has 20 heavy (non-hydrogen) atoms. The van der Waals surface area contributed by atoms with Crippen LogP contribution >= 0.6 is 0 Å². The molecule has 1 amide bonds. The van der Waals surface area contributed by atoms with Crippen LogP contribution in [-0.4, -0.2) is 38.5 Å². The zero-order chi connectivity index (χ0) is 14.8. The number of amides is 1. The van der Waals surface area contributed by atoms with Gasteiger partial charge in [-0.05, 0) is 21.8 Å². The minimum atomic E-state index is -0.251. The largest absolute Gasteiger partial charge is 0.335 e. The van der Waals surface area contributed by atoms with Crippen LogP contribution in [0.4, 0.5) is 0 Å². The molecule has 0 spiro atoms. The van der Waals surface area contributed by atoms with Crippen molar-refractivity contribution in [2.24, 2.45) is 0 Å². The van der Waals surface area contributed by atoms with Crippen molar-refractivity contribution in [2.75, 3.05) is 7.05 Å². The smallest absolute Gasteiger partial charge is 0.295 e. The van der Waals surface area contributed by atoms with E-state index in [1.807, 2.05) is 12.1 Å². The molecule has 1 heterocycles. The van der Waals surface area contributed by atoms with Crippen molar-refractivity contribution < 1.29 is 4.79 Å². The number of tetrazole rings is 1. The van der Waals surface area contributed by atoms with Crippen LogP contribution in [-0.2, 0) is 12.0 Å². The Morgan fingerprint density at radius 3 is 2.40 bits per heavy atom. The summed E-state index contributed by atoms with van der Waals surface area (Å²) in [5.41, 5.74) is 2.47. The minimum Gasteiger partial charge on any atom is -0.335 e. The second-order valence-corrected chi connectivity index (χ2v) is 5.84.